The average molecular weight is 1050 g/mol. The average Bonchev–Trinajstić information content (AvgIpc) is 3.27. The van der Waals surface area contributed by atoms with Gasteiger partial charge in [0.2, 0.25) is 23.3 Å². The summed E-state index contributed by atoms with van der Waals surface area (Å²) in [5.41, 5.74) is -11.7. The Morgan fingerprint density at radius 2 is 0.857 bits per heavy atom. The number of carbonyl (C=O) groups is 4. The zero-order valence-electron chi connectivity index (χ0n) is 43.3. The molecule has 1 aliphatic rings. The van der Waals surface area contributed by atoms with Gasteiger partial charge in [0, 0.05) is 5.92 Å². The molecule has 18 nitrogen and oxygen atoms in total. The Morgan fingerprint density at radius 3 is 1.13 bits per heavy atom. The zero-order chi connectivity index (χ0) is 53.1. The van der Waals surface area contributed by atoms with Gasteiger partial charge in [-0.15, -0.1) is 0 Å². The number of unbranched alkanes of at least 4 members (excludes halogenated alkanes) is 27. The van der Waals surface area contributed by atoms with Crippen molar-refractivity contribution in [2.45, 2.75) is 282 Å². The van der Waals surface area contributed by atoms with Crippen LogP contribution in [-0.2, 0) is 57.8 Å². The van der Waals surface area contributed by atoms with Crippen LogP contribution in [0.15, 0.2) is 0 Å². The second-order valence-electron chi connectivity index (χ2n) is 19.8. The normalized spacial score (nSPS) is 23.7. The third-order valence-electron chi connectivity index (χ3n) is 14.1. The standard InChI is InChI=1S/C50H92O18S2/c1-7-9-11-13-15-17-19-21-23-25-27-29-31-33-35-37-43(36-34-32-30-28-26-24-22-20-18-16-14-12-10-8-2)47(68-70(62,63)64,38-65-69(59,60)61)67-46-49(57,41(5)53)50(58,42(6)54)48(56,40(4)52)45(66-46)44(55)39(3)51/h43-46,55-58H,7-38H2,1-6H3,(H,59,60,61)(H,62,63,64)/t43?,44?,45-,46+,47?,48-,49+,50+/m1/s1. The van der Waals surface area contributed by atoms with E-state index in [0.717, 1.165) is 84.0 Å². The van der Waals surface area contributed by atoms with Gasteiger partial charge in [-0.1, -0.05) is 200 Å². The number of aliphatic hydroxyl groups is 4. The number of hydrogen-bond acceptors (Lipinski definition) is 16. The summed E-state index contributed by atoms with van der Waals surface area (Å²) in [6, 6.07) is 0. The third-order valence-corrected chi connectivity index (χ3v) is 15.0. The van der Waals surface area contributed by atoms with Gasteiger partial charge in [-0.2, -0.15) is 16.8 Å². The summed E-state index contributed by atoms with van der Waals surface area (Å²) in [6.45, 7) is 5.28. The molecule has 0 aromatic heterocycles. The van der Waals surface area contributed by atoms with Crippen LogP contribution in [0.3, 0.4) is 0 Å². The molecule has 0 radical (unpaired) electrons. The van der Waals surface area contributed by atoms with Gasteiger partial charge in [0.15, 0.2) is 28.7 Å². The van der Waals surface area contributed by atoms with E-state index in [2.05, 4.69) is 18.0 Å². The molecule has 1 saturated heterocycles. The van der Waals surface area contributed by atoms with Crippen molar-refractivity contribution in [2.24, 2.45) is 5.92 Å². The van der Waals surface area contributed by atoms with Crippen LogP contribution in [0.4, 0.5) is 0 Å². The summed E-state index contributed by atoms with van der Waals surface area (Å²) in [6.07, 6.45) is 21.2. The highest BCUT2D eigenvalue weighted by atomic mass is 32.3. The number of Topliss-reactive ketones (excluding diaryl/α,β-unsaturated/α-hetero) is 4. The van der Waals surface area contributed by atoms with E-state index in [-0.39, 0.29) is 12.8 Å². The molecule has 0 aliphatic carbocycles. The first kappa shape index (κ1) is 66.2. The number of ketones is 4. The molecule has 0 spiro atoms. The van der Waals surface area contributed by atoms with Gasteiger partial charge in [-0.25, -0.2) is 8.37 Å². The fraction of sp³-hybridized carbons (Fsp3) is 0.920. The van der Waals surface area contributed by atoms with E-state index < -0.39 is 97.5 Å². The summed E-state index contributed by atoms with van der Waals surface area (Å²) in [4.78, 5) is 53.0. The molecule has 0 amide bonds. The lowest BCUT2D eigenvalue weighted by atomic mass is 9.60. The van der Waals surface area contributed by atoms with E-state index in [4.69, 9.17) is 13.7 Å². The lowest BCUT2D eigenvalue weighted by molar-refractivity contribution is -0.412. The summed E-state index contributed by atoms with van der Waals surface area (Å²) in [5.74, 6) is -10.7. The predicted octanol–water partition coefficient (Wildman–Crippen LogP) is 8.72. The zero-order valence-corrected chi connectivity index (χ0v) is 45.0. The number of ether oxygens (including phenoxy) is 2. The minimum Gasteiger partial charge on any atom is -0.382 e. The van der Waals surface area contributed by atoms with Crippen LogP contribution in [0.1, 0.15) is 241 Å². The molecule has 1 heterocycles. The molecule has 70 heavy (non-hydrogen) atoms. The molecular weight excluding hydrogens is 953 g/mol. The molecule has 0 saturated carbocycles. The molecule has 412 valence electrons. The van der Waals surface area contributed by atoms with E-state index in [1.807, 2.05) is 0 Å². The van der Waals surface area contributed by atoms with Crippen molar-refractivity contribution in [3.8, 4) is 0 Å². The fourth-order valence-corrected chi connectivity index (χ4v) is 10.7. The van der Waals surface area contributed by atoms with Crippen LogP contribution in [0.5, 0.6) is 0 Å². The minimum absolute atomic E-state index is 0.0693. The van der Waals surface area contributed by atoms with Gasteiger partial charge in [0.05, 0.1) is 0 Å². The summed E-state index contributed by atoms with van der Waals surface area (Å²) in [7, 11) is -11.3. The Balaban J connectivity index is 3.60. The van der Waals surface area contributed by atoms with Crippen molar-refractivity contribution in [3.05, 3.63) is 0 Å². The molecule has 0 bridgehead atoms. The Hall–Kier alpha value is -1.82. The number of rotatable bonds is 44. The van der Waals surface area contributed by atoms with Crippen LogP contribution in [0.25, 0.3) is 0 Å². The van der Waals surface area contributed by atoms with Crippen molar-refractivity contribution in [2.75, 3.05) is 6.61 Å². The van der Waals surface area contributed by atoms with Crippen molar-refractivity contribution in [1.82, 2.24) is 0 Å². The molecule has 1 aliphatic heterocycles. The lowest BCUT2D eigenvalue weighted by Gasteiger charge is -2.59. The Labute approximate surface area is 420 Å². The van der Waals surface area contributed by atoms with Crippen LogP contribution in [-0.4, -0.2) is 117 Å². The van der Waals surface area contributed by atoms with E-state index in [9.17, 15) is 65.5 Å². The Kier molecular flexibility index (Phi) is 31.4. The first-order chi connectivity index (χ1) is 32.8. The van der Waals surface area contributed by atoms with Gasteiger partial charge in [-0.05, 0) is 40.5 Å². The summed E-state index contributed by atoms with van der Waals surface area (Å²) in [5, 5.41) is 47.4. The van der Waals surface area contributed by atoms with E-state index >= 15 is 0 Å². The molecule has 20 heteroatoms. The molecular formula is C50H92O18S2. The van der Waals surface area contributed by atoms with E-state index in [0.29, 0.717) is 46.5 Å². The molecule has 8 atom stereocenters. The van der Waals surface area contributed by atoms with Crippen LogP contribution in [0.2, 0.25) is 0 Å². The SMILES string of the molecule is CCCCCCCCCCCCCCCCCC(CCCCCCCCCCCCCCCC)C(COS(=O)(=O)O)(O[C@@H]1O[C@H](C(O)C(C)=O)[C@](O)(C(C)=O)[C@@](O)(C(C)=O)[C@]1(O)C(C)=O)OS(=O)(=O)O. The van der Waals surface area contributed by atoms with Crippen LogP contribution >= 0.6 is 0 Å². The van der Waals surface area contributed by atoms with E-state index in [1.54, 1.807) is 0 Å². The van der Waals surface area contributed by atoms with Gasteiger partial charge in [-0.3, -0.25) is 28.3 Å². The largest absolute Gasteiger partial charge is 0.400 e. The number of hydrogen-bond donors (Lipinski definition) is 6. The molecule has 3 unspecified atom stereocenters. The third kappa shape index (κ3) is 21.2. The highest BCUT2D eigenvalue weighted by molar-refractivity contribution is 7.81. The first-order valence-electron chi connectivity index (χ1n) is 26.3. The maximum absolute atomic E-state index is 13.6. The highest BCUT2D eigenvalue weighted by Crippen LogP contribution is 2.50. The maximum atomic E-state index is 13.6. The Morgan fingerprint density at radius 1 is 0.529 bits per heavy atom. The minimum atomic E-state index is -5.79. The topological polar surface area (TPSA) is 295 Å². The molecule has 0 aromatic rings. The van der Waals surface area contributed by atoms with Crippen molar-refractivity contribution in [1.29, 1.82) is 0 Å². The van der Waals surface area contributed by atoms with Gasteiger partial charge >= 0.3 is 20.8 Å². The van der Waals surface area contributed by atoms with Gasteiger partial charge in [0.1, 0.15) is 18.8 Å². The van der Waals surface area contributed by atoms with Crippen molar-refractivity contribution < 1.29 is 83.4 Å². The summed E-state index contributed by atoms with van der Waals surface area (Å²) < 4.78 is 91.8. The quantitative estimate of drug-likeness (QED) is 0.0189. The van der Waals surface area contributed by atoms with E-state index in [1.165, 1.54) is 83.5 Å². The van der Waals surface area contributed by atoms with Gasteiger partial charge in [0.25, 0.3) is 0 Å². The monoisotopic (exact) mass is 1040 g/mol. The number of carbonyl (C=O) groups excluding carboxylic acids is 4. The second kappa shape index (κ2) is 33.2. The van der Waals surface area contributed by atoms with Gasteiger partial charge < -0.3 is 29.9 Å². The lowest BCUT2D eigenvalue weighted by Crippen LogP contribution is -2.87. The van der Waals surface area contributed by atoms with Crippen molar-refractivity contribution in [3.63, 3.8) is 0 Å². The molecule has 1 rings (SSSR count). The second-order valence-corrected chi connectivity index (χ2v) is 21.9. The van der Waals surface area contributed by atoms with Crippen LogP contribution in [0, 0.1) is 5.92 Å². The fourth-order valence-electron chi connectivity index (χ4n) is 9.85. The molecule has 6 N–H and O–H groups in total. The van der Waals surface area contributed by atoms with Crippen molar-refractivity contribution >= 4 is 43.9 Å². The predicted molar refractivity (Wildman–Crippen MR) is 264 cm³/mol. The Bertz CT molecular complexity index is 1760. The molecule has 1 fully saturated rings. The maximum Gasteiger partial charge on any atom is 0.400 e. The number of aliphatic hydroxyl groups excluding tert-OH is 1. The smallest absolute Gasteiger partial charge is 0.382 e. The first-order valence-corrected chi connectivity index (χ1v) is 29.1. The highest BCUT2D eigenvalue weighted by Gasteiger charge is 2.80. The van der Waals surface area contributed by atoms with Crippen LogP contribution < -0.4 is 0 Å². The summed E-state index contributed by atoms with van der Waals surface area (Å²) >= 11 is 0. The molecule has 0 aromatic carbocycles.